The molecule has 356 valence electrons. The van der Waals surface area contributed by atoms with Crippen LogP contribution in [0.15, 0.2) is 200 Å². The van der Waals surface area contributed by atoms with E-state index in [0.717, 1.165) is 30.5 Å². The van der Waals surface area contributed by atoms with Crippen molar-refractivity contribution < 1.29 is 4.74 Å². The second-order valence-corrected chi connectivity index (χ2v) is 25.1. The van der Waals surface area contributed by atoms with Gasteiger partial charge in [-0.25, -0.2) is 0 Å². The zero-order chi connectivity index (χ0) is 46.5. The maximum Gasteiger partial charge on any atom is 0.0969 e. The van der Waals surface area contributed by atoms with Crippen LogP contribution in [-0.2, 0) is 4.74 Å². The maximum absolute atomic E-state index is 11.7. The van der Waals surface area contributed by atoms with Crippen molar-refractivity contribution in [2.24, 2.45) is 23.7 Å². The Labute approximate surface area is 427 Å². The van der Waals surface area contributed by atoms with E-state index in [1.807, 2.05) is 11.8 Å². The lowest BCUT2D eigenvalue weighted by atomic mass is 9.73. The van der Waals surface area contributed by atoms with E-state index in [4.69, 9.17) is 4.74 Å². The van der Waals surface area contributed by atoms with Crippen molar-refractivity contribution in [2.75, 3.05) is 0 Å². The summed E-state index contributed by atoms with van der Waals surface area (Å²) in [5, 5.41) is 17.1. The first-order chi connectivity index (χ1) is 35.2. The fraction of sp³-hybridized carbons (Fsp3) is 0.413. The topological polar surface area (TPSA) is 54.8 Å². The zero-order valence-electron chi connectivity index (χ0n) is 40.2. The van der Waals surface area contributed by atoms with Crippen molar-refractivity contribution in [1.82, 2.24) is 20.0 Å². The molecule has 14 aliphatic rings. The van der Waals surface area contributed by atoms with E-state index in [0.29, 0.717) is 40.7 Å². The minimum atomic E-state index is 0.0431. The summed E-state index contributed by atoms with van der Waals surface area (Å²) in [6, 6.07) is 22.3. The van der Waals surface area contributed by atoms with Gasteiger partial charge >= 0.3 is 0 Å². The number of nitrogens with one attached hydrogen (secondary N) is 1. The van der Waals surface area contributed by atoms with Crippen LogP contribution in [0.4, 0.5) is 0 Å². The average Bonchev–Trinajstić information content (AvgIpc) is 4.23. The number of nitriles is 1. The van der Waals surface area contributed by atoms with Crippen LogP contribution in [0.3, 0.4) is 0 Å². The summed E-state index contributed by atoms with van der Waals surface area (Å²) in [6.45, 7) is 0. The highest BCUT2D eigenvalue weighted by Crippen LogP contribution is 2.63. The largest absolute Gasteiger partial charge is 0.365 e. The fourth-order valence-electron chi connectivity index (χ4n) is 16.5. The van der Waals surface area contributed by atoms with Gasteiger partial charge in [0.1, 0.15) is 0 Å². The Morgan fingerprint density at radius 2 is 1.54 bits per heavy atom. The molecule has 0 bridgehead atoms. The molecule has 2 aromatic rings. The van der Waals surface area contributed by atoms with Crippen LogP contribution in [0.2, 0.25) is 0 Å². The van der Waals surface area contributed by atoms with Gasteiger partial charge in [0.2, 0.25) is 0 Å². The Morgan fingerprint density at radius 1 is 0.704 bits per heavy atom. The molecule has 14 atom stereocenters. The minimum absolute atomic E-state index is 0.0431. The van der Waals surface area contributed by atoms with Gasteiger partial charge in [-0.2, -0.15) is 5.26 Å². The molecule has 0 aromatic heterocycles. The van der Waals surface area contributed by atoms with Crippen molar-refractivity contribution in [1.29, 1.82) is 5.26 Å². The molecule has 71 heavy (non-hydrogen) atoms. The molecule has 8 aliphatic carbocycles. The molecule has 6 heterocycles. The smallest absolute Gasteiger partial charge is 0.0969 e. The number of fused-ring (bicyclic) bond motifs is 15. The third-order valence-electron chi connectivity index (χ3n) is 19.4. The first-order valence-corrected chi connectivity index (χ1v) is 29.0. The molecule has 3 fully saturated rings. The molecule has 2 aromatic carbocycles. The molecule has 6 aliphatic heterocycles. The molecular formula is C63H61N5OS2. The third kappa shape index (κ3) is 6.20. The van der Waals surface area contributed by atoms with E-state index in [2.05, 4.69) is 178 Å². The summed E-state index contributed by atoms with van der Waals surface area (Å²) in [7, 11) is 0. The molecule has 1 N–H and O–H groups in total. The van der Waals surface area contributed by atoms with E-state index in [1.54, 1.807) is 16.8 Å². The molecule has 14 unspecified atom stereocenters. The minimum Gasteiger partial charge on any atom is -0.365 e. The van der Waals surface area contributed by atoms with Gasteiger partial charge in [0, 0.05) is 78.9 Å². The summed E-state index contributed by atoms with van der Waals surface area (Å²) >= 11 is 4.17. The molecule has 0 radical (unpaired) electrons. The predicted octanol–water partition coefficient (Wildman–Crippen LogP) is 12.8. The quantitative estimate of drug-likeness (QED) is 0.298. The first-order valence-electron chi connectivity index (χ1n) is 27.3. The van der Waals surface area contributed by atoms with Gasteiger partial charge in [-0.1, -0.05) is 135 Å². The monoisotopic (exact) mass is 967 g/mol. The van der Waals surface area contributed by atoms with Crippen molar-refractivity contribution in [2.45, 2.75) is 145 Å². The van der Waals surface area contributed by atoms with Gasteiger partial charge in [-0.05, 0) is 109 Å². The maximum atomic E-state index is 11.7. The highest BCUT2D eigenvalue weighted by molar-refractivity contribution is 8.00. The van der Waals surface area contributed by atoms with Crippen LogP contribution in [-0.4, -0.2) is 67.9 Å². The van der Waals surface area contributed by atoms with E-state index in [1.165, 1.54) is 88.4 Å². The van der Waals surface area contributed by atoms with Gasteiger partial charge in [0.25, 0.3) is 0 Å². The van der Waals surface area contributed by atoms with E-state index < -0.39 is 0 Å². The van der Waals surface area contributed by atoms with Crippen molar-refractivity contribution in [3.05, 3.63) is 201 Å². The van der Waals surface area contributed by atoms with Crippen LogP contribution in [0.5, 0.6) is 0 Å². The number of rotatable bonds is 5. The van der Waals surface area contributed by atoms with Gasteiger partial charge in [0.15, 0.2) is 0 Å². The molecule has 1 saturated carbocycles. The van der Waals surface area contributed by atoms with E-state index in [9.17, 15) is 5.26 Å². The van der Waals surface area contributed by atoms with Crippen LogP contribution in [0, 0.1) is 35.0 Å². The Bertz CT molecular complexity index is 3090. The van der Waals surface area contributed by atoms with Crippen molar-refractivity contribution in [3.8, 4) is 6.07 Å². The summed E-state index contributed by atoms with van der Waals surface area (Å²) in [4.78, 5) is 11.4. The summed E-state index contributed by atoms with van der Waals surface area (Å²) < 4.78 is 7.05. The highest BCUT2D eigenvalue weighted by atomic mass is 32.2. The average molecular weight is 968 g/mol. The number of hydrogen-bond acceptors (Lipinski definition) is 8. The van der Waals surface area contributed by atoms with Crippen LogP contribution >= 0.6 is 23.5 Å². The molecule has 16 rings (SSSR count). The van der Waals surface area contributed by atoms with Gasteiger partial charge in [0.05, 0.1) is 54.0 Å². The third-order valence-corrected chi connectivity index (χ3v) is 22.1. The van der Waals surface area contributed by atoms with Crippen molar-refractivity contribution in [3.63, 3.8) is 0 Å². The Kier molecular flexibility index (Phi) is 9.88. The number of hydrogen-bond donors (Lipinski definition) is 1. The molecular weight excluding hydrogens is 907 g/mol. The lowest BCUT2D eigenvalue weighted by Gasteiger charge is -2.60. The SMILES string of the molecule is N#CC1=C(N2C3=C(C4C=CC=CC42)C2c4ccccc4SC2C=C3)C=C(N2C3=C(C4CCC=CC42)C2c4ccccc4SC2CC3)C(C2NC(C3C=CC=C4C5=CC=CCC5OC43)N2C2CCCCC2)C1. The standard InChI is InChI=1S/C63H61N5OS2/c64-35-36-33-45(63-65-62(66(63)37-15-2-1-3-16-37)44-23-14-22-39-38-17-6-11-26-52(38)69-61(39)44)51(68-47-25-10-5-19-41(47)58-49(68)30-32-56-60(58)43-21-8-13-28-54(43)71-56)34-50(36)67-46-24-9-4-18-40(46)57-48(67)29-31-55-59(57)42-20-7-12-27-53(42)70-55/h4,6-14,17-18,20-25,27-29,31,34,37,40-41,44-47,52,55-56,59-63,65H,1-3,5,15-16,19,26,30,32-33H2. The summed E-state index contributed by atoms with van der Waals surface area (Å²) in [5.41, 5.74) is 15.4. The Balaban J connectivity index is 0.852. The van der Waals surface area contributed by atoms with Gasteiger partial charge < -0.3 is 14.5 Å². The predicted molar refractivity (Wildman–Crippen MR) is 284 cm³/mol. The Morgan fingerprint density at radius 3 is 2.42 bits per heavy atom. The molecule has 6 nitrogen and oxygen atoms in total. The molecule has 0 amide bonds. The fourth-order valence-corrected chi connectivity index (χ4v) is 19.4. The number of allylic oxidation sites excluding steroid dienone is 11. The molecule has 2 saturated heterocycles. The zero-order valence-corrected chi connectivity index (χ0v) is 41.9. The van der Waals surface area contributed by atoms with E-state index in [-0.39, 0.29) is 54.4 Å². The lowest BCUT2D eigenvalue weighted by Crippen LogP contribution is -2.77. The second-order valence-electron chi connectivity index (χ2n) is 22.6. The number of thioether (sulfide) groups is 2. The summed E-state index contributed by atoms with van der Waals surface area (Å²) in [6.07, 6.45) is 49.0. The first kappa shape index (κ1) is 42.5. The summed E-state index contributed by atoms with van der Waals surface area (Å²) in [5.74, 6) is 1.81. The van der Waals surface area contributed by atoms with Crippen LogP contribution in [0.1, 0.15) is 93.6 Å². The van der Waals surface area contributed by atoms with Crippen LogP contribution in [0.25, 0.3) is 0 Å². The van der Waals surface area contributed by atoms with Gasteiger partial charge in [-0.3, -0.25) is 10.2 Å². The lowest BCUT2D eigenvalue weighted by molar-refractivity contribution is -0.131. The van der Waals surface area contributed by atoms with Crippen molar-refractivity contribution >= 4 is 23.5 Å². The molecule has 0 spiro atoms. The Hall–Kier alpha value is -5.01. The van der Waals surface area contributed by atoms with E-state index >= 15 is 0 Å². The number of ether oxygens (including phenoxy) is 1. The van der Waals surface area contributed by atoms with Gasteiger partial charge in [-0.15, -0.1) is 23.5 Å². The number of nitrogens with zero attached hydrogens (tertiary/aromatic N) is 4. The van der Waals surface area contributed by atoms with Crippen LogP contribution < -0.4 is 5.32 Å². The second kappa shape index (κ2) is 16.5. The molecule has 8 heteroatoms. The highest BCUT2D eigenvalue weighted by Gasteiger charge is 2.58. The number of benzene rings is 2. The normalized spacial score (nSPS) is 38.8.